The summed E-state index contributed by atoms with van der Waals surface area (Å²) in [6.45, 7) is 0.0593. The maximum atomic E-state index is 12.6. The van der Waals surface area contributed by atoms with E-state index in [0.29, 0.717) is 22.6 Å². The molecule has 0 spiro atoms. The monoisotopic (exact) mass is 336 g/mol. The lowest BCUT2D eigenvalue weighted by atomic mass is 10.0. The summed E-state index contributed by atoms with van der Waals surface area (Å²) in [7, 11) is 0. The molecule has 0 saturated carbocycles. The first kappa shape index (κ1) is 15.9. The molecule has 124 valence electrons. The number of hydrogen-bond donors (Lipinski definition) is 1. The largest absolute Gasteiger partial charge is 0.478 e. The Balaban J connectivity index is 1.96. The van der Waals surface area contributed by atoms with E-state index in [4.69, 9.17) is 9.47 Å². The van der Waals surface area contributed by atoms with Gasteiger partial charge in [-0.05, 0) is 41.5 Å². The predicted octanol–water partition coefficient (Wildman–Crippen LogP) is 4.06. The number of fused-ring (bicyclic) bond motifs is 1. The SMILES string of the molecule is O=C(O)/C(=C\c1ccc(C(F)(F)F)cc1)c1ccc2c(c1)OCO2. The van der Waals surface area contributed by atoms with Crippen molar-refractivity contribution < 1.29 is 32.5 Å². The van der Waals surface area contributed by atoms with Gasteiger partial charge in [-0.25, -0.2) is 4.79 Å². The van der Waals surface area contributed by atoms with Gasteiger partial charge >= 0.3 is 12.1 Å². The second-order valence-corrected chi connectivity index (χ2v) is 5.05. The van der Waals surface area contributed by atoms with Crippen LogP contribution in [0.15, 0.2) is 42.5 Å². The highest BCUT2D eigenvalue weighted by atomic mass is 19.4. The molecule has 0 aromatic heterocycles. The van der Waals surface area contributed by atoms with Crippen LogP contribution < -0.4 is 9.47 Å². The Bertz CT molecular complexity index is 808. The molecule has 0 aliphatic carbocycles. The van der Waals surface area contributed by atoms with E-state index in [1.165, 1.54) is 24.3 Å². The molecule has 1 heterocycles. The molecule has 3 rings (SSSR count). The van der Waals surface area contributed by atoms with Crippen molar-refractivity contribution in [1.82, 2.24) is 0 Å². The molecule has 0 amide bonds. The molecule has 1 aliphatic heterocycles. The number of carboxylic acids is 1. The normalized spacial score (nSPS) is 13.9. The molecule has 0 radical (unpaired) electrons. The molecular weight excluding hydrogens is 325 g/mol. The maximum Gasteiger partial charge on any atom is 0.416 e. The van der Waals surface area contributed by atoms with Gasteiger partial charge in [-0.1, -0.05) is 18.2 Å². The fourth-order valence-electron chi connectivity index (χ4n) is 2.27. The van der Waals surface area contributed by atoms with Crippen molar-refractivity contribution in [2.45, 2.75) is 6.18 Å². The third kappa shape index (κ3) is 3.19. The molecule has 0 atom stereocenters. The zero-order chi connectivity index (χ0) is 17.3. The highest BCUT2D eigenvalue weighted by molar-refractivity contribution is 6.20. The molecule has 24 heavy (non-hydrogen) atoms. The van der Waals surface area contributed by atoms with Gasteiger partial charge in [-0.3, -0.25) is 0 Å². The second-order valence-electron chi connectivity index (χ2n) is 5.05. The molecule has 2 aromatic carbocycles. The molecule has 1 N–H and O–H groups in total. The van der Waals surface area contributed by atoms with Crippen LogP contribution in [0.3, 0.4) is 0 Å². The van der Waals surface area contributed by atoms with Gasteiger partial charge in [0.2, 0.25) is 6.79 Å². The number of carboxylic acid groups (broad SMARTS) is 1. The van der Waals surface area contributed by atoms with Gasteiger partial charge in [0.15, 0.2) is 11.5 Å². The number of halogens is 3. The minimum Gasteiger partial charge on any atom is -0.478 e. The molecule has 4 nitrogen and oxygen atoms in total. The molecule has 1 aliphatic rings. The Labute approximate surface area is 134 Å². The average Bonchev–Trinajstić information content (AvgIpc) is 2.99. The fraction of sp³-hybridized carbons (Fsp3) is 0.118. The summed E-state index contributed by atoms with van der Waals surface area (Å²) in [5.74, 6) is -0.265. The van der Waals surface area contributed by atoms with E-state index in [0.717, 1.165) is 12.1 Å². The molecule has 7 heteroatoms. The topological polar surface area (TPSA) is 55.8 Å². The number of benzene rings is 2. The summed E-state index contributed by atoms with van der Waals surface area (Å²) in [5, 5.41) is 9.40. The number of hydrogen-bond acceptors (Lipinski definition) is 3. The van der Waals surface area contributed by atoms with E-state index in [2.05, 4.69) is 0 Å². The zero-order valence-electron chi connectivity index (χ0n) is 12.1. The first-order chi connectivity index (χ1) is 11.3. The lowest BCUT2D eigenvalue weighted by Crippen LogP contribution is -2.04. The molecule has 0 unspecified atom stereocenters. The van der Waals surface area contributed by atoms with Crippen molar-refractivity contribution in [1.29, 1.82) is 0 Å². The van der Waals surface area contributed by atoms with E-state index in [1.54, 1.807) is 12.1 Å². The van der Waals surface area contributed by atoms with E-state index in [1.807, 2.05) is 0 Å². The molecule has 0 bridgehead atoms. The predicted molar refractivity (Wildman–Crippen MR) is 79.5 cm³/mol. The van der Waals surface area contributed by atoms with Crippen LogP contribution in [0.25, 0.3) is 11.6 Å². The minimum absolute atomic E-state index is 0.0593. The molecule has 2 aromatic rings. The quantitative estimate of drug-likeness (QED) is 0.678. The van der Waals surface area contributed by atoms with Gasteiger partial charge in [0.05, 0.1) is 11.1 Å². The van der Waals surface area contributed by atoms with Crippen LogP contribution in [0.1, 0.15) is 16.7 Å². The third-order valence-electron chi connectivity index (χ3n) is 3.46. The average molecular weight is 336 g/mol. The number of aliphatic carboxylic acids is 1. The highest BCUT2D eigenvalue weighted by Crippen LogP contribution is 2.35. The smallest absolute Gasteiger partial charge is 0.416 e. The van der Waals surface area contributed by atoms with Gasteiger partial charge < -0.3 is 14.6 Å². The van der Waals surface area contributed by atoms with Crippen molar-refractivity contribution in [3.63, 3.8) is 0 Å². The number of carbonyl (C=O) groups is 1. The van der Waals surface area contributed by atoms with Crippen LogP contribution in [0.2, 0.25) is 0 Å². The van der Waals surface area contributed by atoms with Crippen LogP contribution >= 0.6 is 0 Å². The number of ether oxygens (including phenoxy) is 2. The van der Waals surface area contributed by atoms with Crippen molar-refractivity contribution in [3.8, 4) is 11.5 Å². The highest BCUT2D eigenvalue weighted by Gasteiger charge is 2.29. The van der Waals surface area contributed by atoms with Gasteiger partial charge in [0, 0.05) is 0 Å². The standard InChI is InChI=1S/C17H11F3O4/c18-17(19,20)12-4-1-10(2-5-12)7-13(16(21)22)11-3-6-14-15(8-11)24-9-23-14/h1-8H,9H2,(H,21,22)/b13-7-. The lowest BCUT2D eigenvalue weighted by molar-refractivity contribution is -0.137. The summed E-state index contributed by atoms with van der Waals surface area (Å²) in [6, 6.07) is 8.92. The summed E-state index contributed by atoms with van der Waals surface area (Å²) < 4.78 is 48.1. The number of rotatable bonds is 3. The first-order valence-electron chi connectivity index (χ1n) is 6.87. The van der Waals surface area contributed by atoms with E-state index < -0.39 is 17.7 Å². The fourth-order valence-corrected chi connectivity index (χ4v) is 2.27. The van der Waals surface area contributed by atoms with Crippen LogP contribution in [-0.2, 0) is 11.0 Å². The second kappa shape index (κ2) is 5.92. The Hall–Kier alpha value is -2.96. The molecular formula is C17H11F3O4. The third-order valence-corrected chi connectivity index (χ3v) is 3.46. The van der Waals surface area contributed by atoms with Gasteiger partial charge in [0.1, 0.15) is 0 Å². The maximum absolute atomic E-state index is 12.6. The van der Waals surface area contributed by atoms with Crippen molar-refractivity contribution in [3.05, 3.63) is 59.2 Å². The molecule has 0 fully saturated rings. The Kier molecular flexibility index (Phi) is 3.92. The Morgan fingerprint density at radius 3 is 2.33 bits per heavy atom. The summed E-state index contributed by atoms with van der Waals surface area (Å²) in [6.07, 6.45) is -3.13. The minimum atomic E-state index is -4.44. The van der Waals surface area contributed by atoms with E-state index in [9.17, 15) is 23.1 Å². The summed E-state index contributed by atoms with van der Waals surface area (Å²) >= 11 is 0. The number of alkyl halides is 3. The van der Waals surface area contributed by atoms with Crippen LogP contribution in [0, 0.1) is 0 Å². The van der Waals surface area contributed by atoms with Crippen molar-refractivity contribution in [2.24, 2.45) is 0 Å². The van der Waals surface area contributed by atoms with Crippen LogP contribution in [-0.4, -0.2) is 17.9 Å². The first-order valence-corrected chi connectivity index (χ1v) is 6.87. The summed E-state index contributed by atoms with van der Waals surface area (Å²) in [4.78, 5) is 11.5. The van der Waals surface area contributed by atoms with Gasteiger partial charge in [-0.2, -0.15) is 13.2 Å². The van der Waals surface area contributed by atoms with Gasteiger partial charge in [-0.15, -0.1) is 0 Å². The van der Waals surface area contributed by atoms with Crippen molar-refractivity contribution >= 4 is 17.6 Å². The van der Waals surface area contributed by atoms with Crippen LogP contribution in [0.4, 0.5) is 13.2 Å². The summed E-state index contributed by atoms with van der Waals surface area (Å²) in [5.41, 5.74) is -0.141. The Morgan fingerprint density at radius 2 is 1.71 bits per heavy atom. The van der Waals surface area contributed by atoms with Gasteiger partial charge in [0.25, 0.3) is 0 Å². The van der Waals surface area contributed by atoms with Crippen molar-refractivity contribution in [2.75, 3.05) is 6.79 Å². The zero-order valence-corrected chi connectivity index (χ0v) is 12.1. The van der Waals surface area contributed by atoms with Crippen LogP contribution in [0.5, 0.6) is 11.5 Å². The Morgan fingerprint density at radius 1 is 1.04 bits per heavy atom. The van der Waals surface area contributed by atoms with E-state index in [-0.39, 0.29) is 12.4 Å². The lowest BCUT2D eigenvalue weighted by Gasteiger charge is -2.07. The molecule has 0 saturated heterocycles. The van der Waals surface area contributed by atoms with E-state index >= 15 is 0 Å².